The fourth-order valence-electron chi connectivity index (χ4n) is 0. The molecule has 0 rings (SSSR count). The normalized spacial score (nSPS) is 0. The van der Waals surface area contributed by atoms with E-state index in [9.17, 15) is 0 Å². The van der Waals surface area contributed by atoms with E-state index in [0.717, 1.165) is 0 Å². The van der Waals surface area contributed by atoms with Crippen molar-refractivity contribution in [2.24, 2.45) is 0 Å². The van der Waals surface area contributed by atoms with Crippen LogP contribution in [0.15, 0.2) is 0 Å². The van der Waals surface area contributed by atoms with Crippen LogP contribution in [0.2, 0.25) is 0 Å². The predicted octanol–water partition coefficient (Wildman–Crippen LogP) is 4.05. The summed E-state index contributed by atoms with van der Waals surface area (Å²) >= 11 is 0. The second kappa shape index (κ2) is 2680. The maximum absolute atomic E-state index is 0. The predicted molar refractivity (Wildman–Crippen MR) is 57.7 cm³/mol. The number of rotatable bonds is 0. The molecule has 0 N–H and O–H groups in total. The van der Waals surface area contributed by atoms with Gasteiger partial charge in [-0.05, 0) is 0 Å². The van der Waals surface area contributed by atoms with Crippen LogP contribution < -0.4 is 0 Å². The zero-order valence-electron chi connectivity index (χ0n) is 9.33. The Morgan fingerprint density at radius 2 is 0.200 bits per heavy atom. The standard InChI is InChI=1S/9CH3.Co/h9*1H3;/q9*-1;. The van der Waals surface area contributed by atoms with Crippen LogP contribution in [-0.2, 0) is 16.8 Å². The molecule has 0 nitrogen and oxygen atoms in total. The van der Waals surface area contributed by atoms with Crippen LogP contribution in [0.1, 0.15) is 0 Å². The Kier molecular flexibility index (Phi) is 992000. The van der Waals surface area contributed by atoms with Gasteiger partial charge < -0.3 is 66.8 Å². The molecule has 0 aromatic rings. The smallest absolute Gasteiger partial charge is 0 e. The van der Waals surface area contributed by atoms with Crippen LogP contribution in [0.3, 0.4) is 0 Å². The third-order valence-electron chi connectivity index (χ3n) is 0. The Balaban J connectivity index is 0. The van der Waals surface area contributed by atoms with E-state index in [1.54, 1.807) is 0 Å². The van der Waals surface area contributed by atoms with Crippen molar-refractivity contribution in [3.05, 3.63) is 66.8 Å². The first kappa shape index (κ1) is 3700. The van der Waals surface area contributed by atoms with Crippen LogP contribution in [0.5, 0.6) is 0 Å². The van der Waals surface area contributed by atoms with Crippen molar-refractivity contribution in [3.63, 3.8) is 0 Å². The summed E-state index contributed by atoms with van der Waals surface area (Å²) in [5, 5.41) is 0. The second-order valence-corrected chi connectivity index (χ2v) is 0. The molecule has 0 aliphatic heterocycles. The molecule has 0 aliphatic rings. The molecule has 0 saturated heterocycles. The van der Waals surface area contributed by atoms with Gasteiger partial charge in [0.15, 0.2) is 0 Å². The molecule has 0 aromatic heterocycles. The van der Waals surface area contributed by atoms with Gasteiger partial charge in [0.05, 0.1) is 0 Å². The minimum absolute atomic E-state index is 0. The number of hydrogen-bond acceptors (Lipinski definition) is 0. The summed E-state index contributed by atoms with van der Waals surface area (Å²) < 4.78 is 0. The second-order valence-electron chi connectivity index (χ2n) is 0. The molecule has 0 unspecified atom stereocenters. The van der Waals surface area contributed by atoms with Gasteiger partial charge in [-0.25, -0.2) is 0 Å². The summed E-state index contributed by atoms with van der Waals surface area (Å²) in [6.07, 6.45) is 0. The van der Waals surface area contributed by atoms with Crippen molar-refractivity contribution in [2.75, 3.05) is 0 Å². The molecule has 0 fully saturated rings. The maximum atomic E-state index is 0. The van der Waals surface area contributed by atoms with Gasteiger partial charge in [-0.3, -0.25) is 0 Å². The topological polar surface area (TPSA) is 0 Å². The first-order valence-corrected chi connectivity index (χ1v) is 0. The van der Waals surface area contributed by atoms with E-state index in [-0.39, 0.29) is 83.6 Å². The Labute approximate surface area is 84.0 Å². The average Bonchev–Trinajstić information content (AvgIpc) is 0. The summed E-state index contributed by atoms with van der Waals surface area (Å²) in [4.78, 5) is 0. The first-order valence-electron chi connectivity index (χ1n) is 0. The molecule has 1 radical (unpaired) electrons. The van der Waals surface area contributed by atoms with E-state index < -0.39 is 0 Å². The quantitative estimate of drug-likeness (QED) is 0.510. The van der Waals surface area contributed by atoms with Crippen molar-refractivity contribution in [1.29, 1.82) is 0 Å². The maximum Gasteiger partial charge on any atom is 0 e. The van der Waals surface area contributed by atoms with Crippen molar-refractivity contribution in [2.45, 2.75) is 0 Å². The minimum Gasteiger partial charge on any atom is -0.358 e. The molecular formula is C9H27Co-9. The van der Waals surface area contributed by atoms with Gasteiger partial charge in [0.2, 0.25) is 0 Å². The van der Waals surface area contributed by atoms with Gasteiger partial charge in [-0.1, -0.05) is 0 Å². The van der Waals surface area contributed by atoms with E-state index in [4.69, 9.17) is 0 Å². The van der Waals surface area contributed by atoms with Crippen LogP contribution in [-0.4, -0.2) is 0 Å². The Hall–Kier alpha value is 0.506. The van der Waals surface area contributed by atoms with Crippen molar-refractivity contribution < 1.29 is 16.8 Å². The molecule has 0 heterocycles. The summed E-state index contributed by atoms with van der Waals surface area (Å²) in [6.45, 7) is 0. The molecule has 0 spiro atoms. The molecule has 10 heavy (non-hydrogen) atoms. The van der Waals surface area contributed by atoms with E-state index in [1.165, 1.54) is 0 Å². The number of hydrogen-bond donors (Lipinski definition) is 0. The molecule has 0 aliphatic carbocycles. The largest absolute Gasteiger partial charge is 0.358 e. The van der Waals surface area contributed by atoms with Gasteiger partial charge >= 0.3 is 0 Å². The van der Waals surface area contributed by atoms with Gasteiger partial charge in [0.25, 0.3) is 0 Å². The molecule has 81 valence electrons. The fourth-order valence-corrected chi connectivity index (χ4v) is 0. The zero-order valence-corrected chi connectivity index (χ0v) is 10.4. The Bertz CT molecular complexity index is 4.69. The van der Waals surface area contributed by atoms with Gasteiger partial charge in [-0.15, -0.1) is 0 Å². The summed E-state index contributed by atoms with van der Waals surface area (Å²) in [6, 6.07) is 0. The molecule has 0 aromatic carbocycles. The van der Waals surface area contributed by atoms with Gasteiger partial charge in [0.1, 0.15) is 0 Å². The van der Waals surface area contributed by atoms with Crippen LogP contribution in [0, 0.1) is 66.8 Å². The SMILES string of the molecule is [CH3-].[CH3-].[CH3-].[CH3-].[CH3-].[CH3-].[CH3-].[CH3-].[CH3-].[Co]. The first-order chi connectivity index (χ1) is 0. The Morgan fingerprint density at radius 3 is 0.200 bits per heavy atom. The molecule has 0 saturated carbocycles. The van der Waals surface area contributed by atoms with E-state index >= 15 is 0 Å². The van der Waals surface area contributed by atoms with Crippen LogP contribution >= 0.6 is 0 Å². The van der Waals surface area contributed by atoms with Gasteiger partial charge in [-0.2, -0.15) is 0 Å². The van der Waals surface area contributed by atoms with Crippen molar-refractivity contribution >= 4 is 0 Å². The molecule has 0 atom stereocenters. The fraction of sp³-hybridized carbons (Fsp3) is 0. The summed E-state index contributed by atoms with van der Waals surface area (Å²) in [5.74, 6) is 0. The van der Waals surface area contributed by atoms with Crippen molar-refractivity contribution in [1.82, 2.24) is 0 Å². The Morgan fingerprint density at radius 1 is 0.200 bits per heavy atom. The molecule has 0 bridgehead atoms. The third-order valence-corrected chi connectivity index (χ3v) is 0. The van der Waals surface area contributed by atoms with Crippen LogP contribution in [0.25, 0.3) is 0 Å². The monoisotopic (exact) mass is 194 g/mol. The molecule has 0 amide bonds. The van der Waals surface area contributed by atoms with E-state index in [2.05, 4.69) is 0 Å². The summed E-state index contributed by atoms with van der Waals surface area (Å²) in [7, 11) is 0. The van der Waals surface area contributed by atoms with E-state index in [1.807, 2.05) is 0 Å². The molecular weight excluding hydrogens is 167 g/mol. The minimum atomic E-state index is 0. The van der Waals surface area contributed by atoms with Crippen LogP contribution in [0.4, 0.5) is 0 Å². The van der Waals surface area contributed by atoms with Crippen molar-refractivity contribution in [3.8, 4) is 0 Å². The van der Waals surface area contributed by atoms with Gasteiger partial charge in [0, 0.05) is 16.8 Å². The zero-order chi connectivity index (χ0) is 0. The van der Waals surface area contributed by atoms with E-state index in [0.29, 0.717) is 0 Å². The average molecular weight is 194 g/mol. The summed E-state index contributed by atoms with van der Waals surface area (Å²) in [5.41, 5.74) is 0. The molecule has 1 heteroatoms. The third kappa shape index (κ3) is 1870.